The molecule has 0 radical (unpaired) electrons. The fraction of sp³-hybridized carbons (Fsp3) is 0.250. The van der Waals surface area contributed by atoms with Crippen LogP contribution in [0.2, 0.25) is 5.02 Å². The highest BCUT2D eigenvalue weighted by atomic mass is 35.5. The van der Waals surface area contributed by atoms with Gasteiger partial charge in [-0.15, -0.1) is 0 Å². The number of benzene rings is 2. The molecule has 0 aliphatic carbocycles. The molecule has 0 saturated carbocycles. The van der Waals surface area contributed by atoms with Crippen LogP contribution in [0.15, 0.2) is 47.4 Å². The SMILES string of the molecule is Nc1ccc(S(=O)CC2OCCc3ccccc32)cc1Cl. The molecule has 2 aromatic rings. The fourth-order valence-electron chi connectivity index (χ4n) is 2.50. The number of nitrogens with two attached hydrogens (primary N) is 1. The molecule has 1 heterocycles. The van der Waals surface area contributed by atoms with E-state index in [9.17, 15) is 4.21 Å². The first-order valence-electron chi connectivity index (χ1n) is 6.78. The number of rotatable bonds is 3. The second kappa shape index (κ2) is 6.18. The number of ether oxygens (including phenoxy) is 1. The minimum absolute atomic E-state index is 0.132. The van der Waals surface area contributed by atoms with Crippen molar-refractivity contribution >= 4 is 28.1 Å². The molecule has 110 valence electrons. The Morgan fingerprint density at radius 3 is 2.90 bits per heavy atom. The highest BCUT2D eigenvalue weighted by Crippen LogP contribution is 2.29. The van der Waals surface area contributed by atoms with Crippen molar-refractivity contribution in [1.82, 2.24) is 0 Å². The molecule has 2 aromatic carbocycles. The first kappa shape index (κ1) is 14.6. The smallest absolute Gasteiger partial charge is 0.0946 e. The molecule has 0 spiro atoms. The van der Waals surface area contributed by atoms with Gasteiger partial charge in [-0.05, 0) is 35.7 Å². The Kier molecular flexibility index (Phi) is 4.29. The van der Waals surface area contributed by atoms with Crippen molar-refractivity contribution in [3.05, 3.63) is 58.6 Å². The van der Waals surface area contributed by atoms with Gasteiger partial charge >= 0.3 is 0 Å². The van der Waals surface area contributed by atoms with E-state index in [1.807, 2.05) is 18.2 Å². The topological polar surface area (TPSA) is 52.3 Å². The van der Waals surface area contributed by atoms with Crippen molar-refractivity contribution < 1.29 is 8.95 Å². The van der Waals surface area contributed by atoms with Crippen LogP contribution in [-0.2, 0) is 22.0 Å². The predicted octanol–water partition coefficient (Wildman–Crippen LogP) is 3.34. The summed E-state index contributed by atoms with van der Waals surface area (Å²) < 4.78 is 18.3. The number of hydrogen-bond donors (Lipinski definition) is 1. The van der Waals surface area contributed by atoms with Gasteiger partial charge in [0.05, 0.1) is 40.0 Å². The Morgan fingerprint density at radius 1 is 1.29 bits per heavy atom. The van der Waals surface area contributed by atoms with Crippen molar-refractivity contribution in [2.24, 2.45) is 0 Å². The quantitative estimate of drug-likeness (QED) is 0.882. The number of hydrogen-bond acceptors (Lipinski definition) is 3. The van der Waals surface area contributed by atoms with Crippen LogP contribution in [0.1, 0.15) is 17.2 Å². The van der Waals surface area contributed by atoms with Crippen molar-refractivity contribution in [3.8, 4) is 0 Å². The van der Waals surface area contributed by atoms with E-state index in [-0.39, 0.29) is 6.10 Å². The van der Waals surface area contributed by atoms with Crippen LogP contribution in [0.4, 0.5) is 5.69 Å². The largest absolute Gasteiger partial charge is 0.398 e. The van der Waals surface area contributed by atoms with E-state index in [1.54, 1.807) is 18.2 Å². The summed E-state index contributed by atoms with van der Waals surface area (Å²) in [5.41, 5.74) is 8.59. The lowest BCUT2D eigenvalue weighted by Crippen LogP contribution is -2.21. The van der Waals surface area contributed by atoms with E-state index in [0.717, 1.165) is 12.0 Å². The van der Waals surface area contributed by atoms with Gasteiger partial charge in [-0.3, -0.25) is 4.21 Å². The lowest BCUT2D eigenvalue weighted by atomic mass is 9.99. The molecule has 21 heavy (non-hydrogen) atoms. The summed E-state index contributed by atoms with van der Waals surface area (Å²) >= 11 is 5.99. The Hall–Kier alpha value is -1.36. The van der Waals surface area contributed by atoms with E-state index < -0.39 is 10.8 Å². The number of anilines is 1. The fourth-order valence-corrected chi connectivity index (χ4v) is 3.96. The Morgan fingerprint density at radius 2 is 2.10 bits per heavy atom. The van der Waals surface area contributed by atoms with Gasteiger partial charge in [0.15, 0.2) is 0 Å². The molecule has 0 bridgehead atoms. The maximum Gasteiger partial charge on any atom is 0.0946 e. The zero-order chi connectivity index (χ0) is 14.8. The van der Waals surface area contributed by atoms with Crippen LogP contribution in [0, 0.1) is 0 Å². The third-order valence-electron chi connectivity index (χ3n) is 3.63. The lowest BCUT2D eigenvalue weighted by Gasteiger charge is -2.25. The minimum Gasteiger partial charge on any atom is -0.398 e. The van der Waals surface area contributed by atoms with E-state index in [4.69, 9.17) is 22.1 Å². The maximum atomic E-state index is 12.5. The first-order chi connectivity index (χ1) is 10.1. The van der Waals surface area contributed by atoms with Crippen LogP contribution >= 0.6 is 11.6 Å². The maximum absolute atomic E-state index is 12.5. The van der Waals surface area contributed by atoms with Gasteiger partial charge in [0.25, 0.3) is 0 Å². The van der Waals surface area contributed by atoms with E-state index >= 15 is 0 Å². The second-order valence-corrected chi connectivity index (χ2v) is 6.91. The molecule has 2 N–H and O–H groups in total. The van der Waals surface area contributed by atoms with Gasteiger partial charge in [-0.1, -0.05) is 35.9 Å². The summed E-state index contributed by atoms with van der Waals surface area (Å²) in [5, 5.41) is 0.436. The molecule has 2 unspecified atom stereocenters. The summed E-state index contributed by atoms with van der Waals surface area (Å²) in [4.78, 5) is 0.681. The third-order valence-corrected chi connectivity index (χ3v) is 5.34. The van der Waals surface area contributed by atoms with Gasteiger partial charge in [-0.25, -0.2) is 0 Å². The van der Waals surface area contributed by atoms with Gasteiger partial charge < -0.3 is 10.5 Å². The highest BCUT2D eigenvalue weighted by molar-refractivity contribution is 7.85. The van der Waals surface area contributed by atoms with Crippen LogP contribution < -0.4 is 5.73 Å². The highest BCUT2D eigenvalue weighted by Gasteiger charge is 2.23. The van der Waals surface area contributed by atoms with E-state index in [2.05, 4.69) is 6.07 Å². The monoisotopic (exact) mass is 321 g/mol. The summed E-state index contributed by atoms with van der Waals surface area (Å²) in [6.45, 7) is 0.668. The summed E-state index contributed by atoms with van der Waals surface area (Å²) in [5.74, 6) is 0.428. The molecule has 1 aliphatic heterocycles. The molecular weight excluding hydrogens is 306 g/mol. The molecule has 0 fully saturated rings. The third kappa shape index (κ3) is 3.12. The Balaban J connectivity index is 1.81. The second-order valence-electron chi connectivity index (χ2n) is 5.00. The molecule has 0 amide bonds. The minimum atomic E-state index is -1.17. The van der Waals surface area contributed by atoms with Gasteiger partial charge in [0, 0.05) is 4.90 Å². The average molecular weight is 322 g/mol. The van der Waals surface area contributed by atoms with Crippen molar-refractivity contribution in [3.63, 3.8) is 0 Å². The lowest BCUT2D eigenvalue weighted by molar-refractivity contribution is 0.0582. The van der Waals surface area contributed by atoms with Crippen LogP contribution in [-0.4, -0.2) is 16.6 Å². The van der Waals surface area contributed by atoms with Crippen LogP contribution in [0.25, 0.3) is 0 Å². The number of nitrogen functional groups attached to an aromatic ring is 1. The zero-order valence-electron chi connectivity index (χ0n) is 11.4. The van der Waals surface area contributed by atoms with E-state index in [1.165, 1.54) is 5.56 Å². The van der Waals surface area contributed by atoms with Crippen LogP contribution in [0.3, 0.4) is 0 Å². The molecule has 5 heteroatoms. The standard InChI is InChI=1S/C16H16ClNO2S/c17-14-9-12(5-6-15(14)18)21(19)10-16-13-4-2-1-3-11(13)7-8-20-16/h1-6,9,16H,7-8,10,18H2. The van der Waals surface area contributed by atoms with E-state index in [0.29, 0.717) is 28.0 Å². The zero-order valence-corrected chi connectivity index (χ0v) is 13.0. The van der Waals surface area contributed by atoms with Crippen molar-refractivity contribution in [2.75, 3.05) is 18.1 Å². The molecule has 0 aromatic heterocycles. The van der Waals surface area contributed by atoms with Crippen molar-refractivity contribution in [2.45, 2.75) is 17.4 Å². The summed E-state index contributed by atoms with van der Waals surface area (Å²) in [6.07, 6.45) is 0.777. The Bertz CT molecular complexity index is 690. The predicted molar refractivity (Wildman–Crippen MR) is 86.0 cm³/mol. The van der Waals surface area contributed by atoms with Gasteiger partial charge in [0.2, 0.25) is 0 Å². The van der Waals surface area contributed by atoms with Gasteiger partial charge in [0.1, 0.15) is 0 Å². The molecule has 2 atom stereocenters. The molecule has 1 aliphatic rings. The molecular formula is C16H16ClNO2S. The Labute approximate surface area is 131 Å². The average Bonchev–Trinajstić information content (AvgIpc) is 2.50. The van der Waals surface area contributed by atoms with Gasteiger partial charge in [-0.2, -0.15) is 0 Å². The first-order valence-corrected chi connectivity index (χ1v) is 8.47. The number of halogens is 1. The number of fused-ring (bicyclic) bond motifs is 1. The molecule has 0 saturated heterocycles. The van der Waals surface area contributed by atoms with Crippen molar-refractivity contribution in [1.29, 1.82) is 0 Å². The van der Waals surface area contributed by atoms with Crippen LogP contribution in [0.5, 0.6) is 0 Å². The summed E-state index contributed by atoms with van der Waals surface area (Å²) in [6, 6.07) is 13.3. The molecule has 3 nitrogen and oxygen atoms in total. The molecule has 3 rings (SSSR count). The summed E-state index contributed by atoms with van der Waals surface area (Å²) in [7, 11) is -1.17. The normalized spacial score (nSPS) is 19.0.